The Hall–Kier alpha value is -2.31. The first-order chi connectivity index (χ1) is 10.7. The van der Waals surface area contributed by atoms with Crippen LogP contribution < -0.4 is 15.4 Å². The molecule has 6 heteroatoms. The maximum atomic E-state index is 12.6. The molecule has 0 bridgehead atoms. The maximum Gasteiger partial charge on any atom is 0.294 e. The van der Waals surface area contributed by atoms with Gasteiger partial charge in [0.15, 0.2) is 11.5 Å². The summed E-state index contributed by atoms with van der Waals surface area (Å²) in [6, 6.07) is 9.04. The molecular weight excluding hydrogens is 300 g/mol. The third-order valence-corrected chi connectivity index (χ3v) is 4.13. The Morgan fingerprint density at radius 2 is 2.23 bits per heavy atom. The van der Waals surface area contributed by atoms with Gasteiger partial charge in [-0.3, -0.25) is 4.79 Å². The third kappa shape index (κ3) is 2.84. The highest BCUT2D eigenvalue weighted by Crippen LogP contribution is 2.37. The van der Waals surface area contributed by atoms with Gasteiger partial charge in [-0.1, -0.05) is 6.07 Å². The van der Waals surface area contributed by atoms with Crippen LogP contribution in [0.2, 0.25) is 0 Å². The first-order valence-corrected chi connectivity index (χ1v) is 7.82. The molecule has 0 saturated carbocycles. The van der Waals surface area contributed by atoms with Crippen molar-refractivity contribution in [3.63, 3.8) is 0 Å². The number of hydrogen-bond donors (Lipinski definition) is 2. The molecule has 114 valence electrons. The van der Waals surface area contributed by atoms with Gasteiger partial charge in [-0.25, -0.2) is 0 Å². The third-order valence-electron chi connectivity index (χ3n) is 3.31. The van der Waals surface area contributed by atoms with Crippen LogP contribution in [0.5, 0.6) is 5.75 Å². The van der Waals surface area contributed by atoms with E-state index in [-0.39, 0.29) is 18.3 Å². The van der Waals surface area contributed by atoms with Crippen molar-refractivity contribution in [2.24, 2.45) is 0 Å². The number of rotatable bonds is 4. The summed E-state index contributed by atoms with van der Waals surface area (Å²) in [5.41, 5.74) is 7.05. The Bertz CT molecular complexity index is 710. The fourth-order valence-corrected chi connectivity index (χ4v) is 2.93. The minimum Gasteiger partial charge on any atom is -0.449 e. The second kappa shape index (κ2) is 6.21. The van der Waals surface area contributed by atoms with E-state index in [9.17, 15) is 4.79 Å². The van der Waals surface area contributed by atoms with Gasteiger partial charge >= 0.3 is 0 Å². The molecule has 1 aromatic carbocycles. The summed E-state index contributed by atoms with van der Waals surface area (Å²) in [7, 11) is 0. The van der Waals surface area contributed by atoms with E-state index in [1.807, 2.05) is 17.5 Å². The number of nitrogens with two attached hydrogens (primary N) is 1. The molecule has 0 atom stereocenters. The molecule has 0 spiro atoms. The van der Waals surface area contributed by atoms with E-state index < -0.39 is 0 Å². The summed E-state index contributed by atoms with van der Waals surface area (Å²) in [6.07, 6.45) is 2.23. The number of fused-ring (bicyclic) bond motifs is 1. The second-order valence-electron chi connectivity index (χ2n) is 4.89. The lowest BCUT2D eigenvalue weighted by molar-refractivity contribution is -0.117. The van der Waals surface area contributed by atoms with Crippen LogP contribution >= 0.6 is 11.3 Å². The smallest absolute Gasteiger partial charge is 0.294 e. The Morgan fingerprint density at radius 1 is 1.36 bits per heavy atom. The maximum absolute atomic E-state index is 12.6. The van der Waals surface area contributed by atoms with Crippen LogP contribution in [0.1, 0.15) is 11.3 Å². The molecular formula is C16H16N2O3S. The van der Waals surface area contributed by atoms with Crippen molar-refractivity contribution >= 4 is 34.7 Å². The Kier molecular flexibility index (Phi) is 4.13. The van der Waals surface area contributed by atoms with Crippen molar-refractivity contribution in [3.8, 4) is 5.75 Å². The van der Waals surface area contributed by atoms with Crippen molar-refractivity contribution in [2.45, 2.75) is 6.42 Å². The predicted molar refractivity (Wildman–Crippen MR) is 87.8 cm³/mol. The number of aliphatic hydroxyl groups is 1. The molecule has 1 aromatic heterocycles. The van der Waals surface area contributed by atoms with Gasteiger partial charge in [0, 0.05) is 35.9 Å². The van der Waals surface area contributed by atoms with Gasteiger partial charge in [-0.2, -0.15) is 0 Å². The number of carbonyl (C=O) groups excluding carboxylic acids is 1. The molecule has 22 heavy (non-hydrogen) atoms. The van der Waals surface area contributed by atoms with E-state index in [1.165, 1.54) is 11.3 Å². The Morgan fingerprint density at radius 3 is 2.95 bits per heavy atom. The van der Waals surface area contributed by atoms with E-state index in [0.29, 0.717) is 30.1 Å². The zero-order valence-electron chi connectivity index (χ0n) is 11.9. The molecule has 0 unspecified atom stereocenters. The summed E-state index contributed by atoms with van der Waals surface area (Å²) in [6.45, 7) is 0.455. The summed E-state index contributed by atoms with van der Waals surface area (Å²) < 4.78 is 5.74. The van der Waals surface area contributed by atoms with Crippen LogP contribution in [0.25, 0.3) is 6.08 Å². The summed E-state index contributed by atoms with van der Waals surface area (Å²) in [5, 5.41) is 11.0. The highest BCUT2D eigenvalue weighted by atomic mass is 32.1. The average molecular weight is 316 g/mol. The fraction of sp³-hybridized carbons (Fsp3) is 0.188. The number of thiophene rings is 1. The van der Waals surface area contributed by atoms with Gasteiger partial charge in [0.2, 0.25) is 0 Å². The van der Waals surface area contributed by atoms with Crippen molar-refractivity contribution in [1.82, 2.24) is 0 Å². The first-order valence-electron chi connectivity index (χ1n) is 6.94. The largest absolute Gasteiger partial charge is 0.449 e. The summed E-state index contributed by atoms with van der Waals surface area (Å²) >= 11 is 1.53. The number of amides is 1. The number of benzene rings is 1. The van der Waals surface area contributed by atoms with Crippen molar-refractivity contribution in [3.05, 3.63) is 46.3 Å². The molecule has 2 heterocycles. The summed E-state index contributed by atoms with van der Waals surface area (Å²) in [5.74, 6) is 0.609. The minimum atomic E-state index is -0.209. The average Bonchev–Trinajstić information content (AvgIpc) is 3.00. The second-order valence-corrected chi connectivity index (χ2v) is 5.87. The number of carbonyl (C=O) groups is 1. The highest BCUT2D eigenvalue weighted by molar-refractivity contribution is 7.10. The lowest BCUT2D eigenvalue weighted by Gasteiger charge is -2.30. The van der Waals surface area contributed by atoms with E-state index >= 15 is 0 Å². The van der Waals surface area contributed by atoms with Crippen LogP contribution in [0, 0.1) is 0 Å². The van der Waals surface area contributed by atoms with E-state index in [1.54, 1.807) is 29.2 Å². The molecule has 1 aliphatic heterocycles. The van der Waals surface area contributed by atoms with E-state index in [0.717, 1.165) is 4.88 Å². The lowest BCUT2D eigenvalue weighted by atomic mass is 10.1. The number of hydrogen-bond acceptors (Lipinski definition) is 5. The summed E-state index contributed by atoms with van der Waals surface area (Å²) in [4.78, 5) is 15.2. The van der Waals surface area contributed by atoms with Gasteiger partial charge < -0.3 is 20.5 Å². The van der Waals surface area contributed by atoms with Crippen molar-refractivity contribution in [1.29, 1.82) is 0 Å². The molecule has 3 N–H and O–H groups in total. The van der Waals surface area contributed by atoms with Crippen molar-refractivity contribution < 1.29 is 14.6 Å². The van der Waals surface area contributed by atoms with E-state index in [4.69, 9.17) is 15.6 Å². The quantitative estimate of drug-likeness (QED) is 0.671. The van der Waals surface area contributed by atoms with Crippen molar-refractivity contribution in [2.75, 3.05) is 23.8 Å². The molecule has 1 amide bonds. The molecule has 0 fully saturated rings. The van der Waals surface area contributed by atoms with Gasteiger partial charge in [0.05, 0.1) is 5.69 Å². The molecule has 5 nitrogen and oxygen atoms in total. The number of nitrogen functional groups attached to an aromatic ring is 1. The molecule has 0 radical (unpaired) electrons. The number of ether oxygens (including phenoxy) is 1. The SMILES string of the molecule is Nc1ccc2c(c1)O/C(=C/c1cccs1)C(=O)N2CCCO. The van der Waals surface area contributed by atoms with Crippen LogP contribution in [0.3, 0.4) is 0 Å². The van der Waals surface area contributed by atoms with Crippen LogP contribution in [-0.2, 0) is 4.79 Å². The zero-order valence-corrected chi connectivity index (χ0v) is 12.7. The molecule has 1 aliphatic rings. The number of nitrogens with zero attached hydrogens (tertiary/aromatic N) is 1. The van der Waals surface area contributed by atoms with Crippen LogP contribution in [0.4, 0.5) is 11.4 Å². The number of aliphatic hydroxyl groups excluding tert-OH is 1. The lowest BCUT2D eigenvalue weighted by Crippen LogP contribution is -2.38. The van der Waals surface area contributed by atoms with Crippen LogP contribution in [-0.4, -0.2) is 24.2 Å². The fourth-order valence-electron chi connectivity index (χ4n) is 2.28. The van der Waals surface area contributed by atoms with Gasteiger partial charge in [0.25, 0.3) is 5.91 Å². The molecule has 0 aliphatic carbocycles. The van der Waals surface area contributed by atoms with Gasteiger partial charge in [-0.15, -0.1) is 11.3 Å². The Balaban J connectivity index is 2.01. The number of anilines is 2. The highest BCUT2D eigenvalue weighted by Gasteiger charge is 2.30. The normalized spacial score (nSPS) is 15.8. The van der Waals surface area contributed by atoms with Crippen LogP contribution in [0.15, 0.2) is 41.5 Å². The predicted octanol–water partition coefficient (Wildman–Crippen LogP) is 2.48. The topological polar surface area (TPSA) is 75.8 Å². The standard InChI is InChI=1S/C16H16N2O3S/c17-11-4-5-13-14(9-11)21-15(10-12-3-1-8-22-12)16(20)18(13)6-2-7-19/h1,3-5,8-10,19H,2,6-7,17H2/b15-10+. The first kappa shape index (κ1) is 14.6. The Labute approximate surface area is 132 Å². The molecule has 3 rings (SSSR count). The molecule has 2 aromatic rings. The van der Waals surface area contributed by atoms with Gasteiger partial charge in [0.1, 0.15) is 0 Å². The van der Waals surface area contributed by atoms with E-state index in [2.05, 4.69) is 0 Å². The monoisotopic (exact) mass is 316 g/mol. The minimum absolute atomic E-state index is 0.0267. The van der Waals surface area contributed by atoms with Gasteiger partial charge in [-0.05, 0) is 30.0 Å². The zero-order chi connectivity index (χ0) is 15.5. The molecule has 0 saturated heterocycles.